The van der Waals surface area contributed by atoms with E-state index >= 15 is 0 Å². The molecule has 3 nitrogen and oxygen atoms in total. The minimum atomic E-state index is 0.691. The van der Waals surface area contributed by atoms with Crippen LogP contribution in [0.1, 0.15) is 26.0 Å². The largest absolute Gasteiger partial charge is 0.297 e. The lowest BCUT2D eigenvalue weighted by Crippen LogP contribution is -2.34. The molecule has 0 N–H and O–H groups in total. The maximum absolute atomic E-state index is 4.33. The van der Waals surface area contributed by atoms with Crippen molar-refractivity contribution in [2.24, 2.45) is 5.92 Å². The maximum atomic E-state index is 4.33. The lowest BCUT2D eigenvalue weighted by molar-refractivity contribution is 0.180. The van der Waals surface area contributed by atoms with E-state index in [1.807, 2.05) is 6.20 Å². The van der Waals surface area contributed by atoms with E-state index in [-0.39, 0.29) is 0 Å². The van der Waals surface area contributed by atoms with Crippen LogP contribution in [-0.2, 0) is 13.1 Å². The summed E-state index contributed by atoms with van der Waals surface area (Å²) in [4.78, 5) is 2.45. The topological polar surface area (TPSA) is 21.1 Å². The number of hydrogen-bond acceptors (Lipinski definition) is 2. The standard InChI is InChI=1S/C11H19N3/c1-9(2)11-5-7-14-10(4-6-12-14)8-13(11)3/h4,6,9,11H,5,7-8H2,1-3H3. The summed E-state index contributed by atoms with van der Waals surface area (Å²) < 4.78 is 2.14. The van der Waals surface area contributed by atoms with E-state index in [0.29, 0.717) is 6.04 Å². The third-order valence-corrected chi connectivity index (χ3v) is 3.19. The fourth-order valence-electron chi connectivity index (χ4n) is 2.39. The summed E-state index contributed by atoms with van der Waals surface area (Å²) in [6, 6.07) is 2.82. The Hall–Kier alpha value is -0.830. The van der Waals surface area contributed by atoms with Gasteiger partial charge in [0, 0.05) is 25.3 Å². The Balaban J connectivity index is 2.17. The SMILES string of the molecule is CC(C)C1CCn2nccc2CN1C. The Labute approximate surface area is 85.7 Å². The first-order valence-electron chi connectivity index (χ1n) is 5.39. The smallest absolute Gasteiger partial charge is 0.0524 e. The van der Waals surface area contributed by atoms with Crippen molar-refractivity contribution in [3.63, 3.8) is 0 Å². The van der Waals surface area contributed by atoms with Crippen LogP contribution in [0.25, 0.3) is 0 Å². The van der Waals surface area contributed by atoms with Crippen LogP contribution >= 0.6 is 0 Å². The Morgan fingerprint density at radius 3 is 3.00 bits per heavy atom. The number of nitrogens with zero attached hydrogens (tertiary/aromatic N) is 3. The summed E-state index contributed by atoms with van der Waals surface area (Å²) in [7, 11) is 2.22. The van der Waals surface area contributed by atoms with E-state index < -0.39 is 0 Å². The molecule has 1 aromatic rings. The van der Waals surface area contributed by atoms with Crippen molar-refractivity contribution in [1.82, 2.24) is 14.7 Å². The Morgan fingerprint density at radius 1 is 1.50 bits per heavy atom. The molecule has 1 aromatic heterocycles. The molecule has 2 heterocycles. The monoisotopic (exact) mass is 193 g/mol. The highest BCUT2D eigenvalue weighted by Crippen LogP contribution is 2.20. The average molecular weight is 193 g/mol. The predicted molar refractivity (Wildman–Crippen MR) is 56.9 cm³/mol. The van der Waals surface area contributed by atoms with Gasteiger partial charge in [0.1, 0.15) is 0 Å². The molecule has 1 atom stereocenters. The van der Waals surface area contributed by atoms with Gasteiger partial charge in [0.25, 0.3) is 0 Å². The summed E-state index contributed by atoms with van der Waals surface area (Å²) in [6.07, 6.45) is 3.11. The zero-order valence-electron chi connectivity index (χ0n) is 9.27. The Morgan fingerprint density at radius 2 is 2.29 bits per heavy atom. The van der Waals surface area contributed by atoms with E-state index in [1.165, 1.54) is 12.1 Å². The third-order valence-electron chi connectivity index (χ3n) is 3.19. The van der Waals surface area contributed by atoms with Crippen LogP contribution in [-0.4, -0.2) is 27.8 Å². The fraction of sp³-hybridized carbons (Fsp3) is 0.727. The van der Waals surface area contributed by atoms with E-state index in [9.17, 15) is 0 Å². The predicted octanol–water partition coefficient (Wildman–Crippen LogP) is 1.74. The van der Waals surface area contributed by atoms with Crippen molar-refractivity contribution in [3.8, 4) is 0 Å². The quantitative estimate of drug-likeness (QED) is 0.677. The van der Waals surface area contributed by atoms with Crippen molar-refractivity contribution in [1.29, 1.82) is 0 Å². The molecule has 1 unspecified atom stereocenters. The van der Waals surface area contributed by atoms with Crippen molar-refractivity contribution >= 4 is 0 Å². The normalized spacial score (nSPS) is 23.6. The van der Waals surface area contributed by atoms with Crippen molar-refractivity contribution < 1.29 is 0 Å². The second kappa shape index (κ2) is 3.73. The molecule has 0 bridgehead atoms. The molecular weight excluding hydrogens is 174 g/mol. The Kier molecular flexibility index (Phi) is 2.59. The van der Waals surface area contributed by atoms with Gasteiger partial charge >= 0.3 is 0 Å². The first-order chi connectivity index (χ1) is 6.68. The number of aromatic nitrogens is 2. The minimum absolute atomic E-state index is 0.691. The second-order valence-corrected chi connectivity index (χ2v) is 4.56. The van der Waals surface area contributed by atoms with Gasteiger partial charge in [-0.15, -0.1) is 0 Å². The van der Waals surface area contributed by atoms with Crippen molar-refractivity contribution in [3.05, 3.63) is 18.0 Å². The van der Waals surface area contributed by atoms with Crippen LogP contribution in [0.3, 0.4) is 0 Å². The number of hydrogen-bond donors (Lipinski definition) is 0. The maximum Gasteiger partial charge on any atom is 0.0524 e. The highest BCUT2D eigenvalue weighted by Gasteiger charge is 2.23. The lowest BCUT2D eigenvalue weighted by Gasteiger charge is -2.28. The lowest BCUT2D eigenvalue weighted by atomic mass is 10.00. The highest BCUT2D eigenvalue weighted by atomic mass is 15.3. The van der Waals surface area contributed by atoms with Gasteiger partial charge in [-0.1, -0.05) is 13.8 Å². The number of fused-ring (bicyclic) bond motifs is 1. The summed E-state index contributed by atoms with van der Waals surface area (Å²) in [6.45, 7) is 6.70. The summed E-state index contributed by atoms with van der Waals surface area (Å²) in [5.74, 6) is 0.726. The van der Waals surface area contributed by atoms with Gasteiger partial charge in [-0.2, -0.15) is 5.10 Å². The molecular formula is C11H19N3. The van der Waals surface area contributed by atoms with Crippen LogP contribution in [0.4, 0.5) is 0 Å². The van der Waals surface area contributed by atoms with Gasteiger partial charge in [0.2, 0.25) is 0 Å². The molecule has 0 saturated carbocycles. The zero-order valence-corrected chi connectivity index (χ0v) is 9.27. The summed E-state index contributed by atoms with van der Waals surface area (Å²) in [5, 5.41) is 4.33. The van der Waals surface area contributed by atoms with Gasteiger partial charge in [-0.25, -0.2) is 0 Å². The van der Waals surface area contributed by atoms with Crippen LogP contribution in [0.2, 0.25) is 0 Å². The number of aryl methyl sites for hydroxylation is 1. The molecule has 0 radical (unpaired) electrons. The molecule has 0 saturated heterocycles. The third kappa shape index (κ3) is 1.69. The molecule has 0 fully saturated rings. The molecule has 78 valence electrons. The van der Waals surface area contributed by atoms with E-state index in [4.69, 9.17) is 0 Å². The minimum Gasteiger partial charge on any atom is -0.297 e. The second-order valence-electron chi connectivity index (χ2n) is 4.56. The molecule has 0 amide bonds. The number of rotatable bonds is 1. The fourth-order valence-corrected chi connectivity index (χ4v) is 2.39. The van der Waals surface area contributed by atoms with Gasteiger partial charge in [-0.05, 0) is 25.5 Å². The Bertz CT molecular complexity index is 303. The van der Waals surface area contributed by atoms with Crippen molar-refractivity contribution in [2.75, 3.05) is 7.05 Å². The van der Waals surface area contributed by atoms with E-state index in [2.05, 4.69) is 41.6 Å². The van der Waals surface area contributed by atoms with Crippen LogP contribution in [0.15, 0.2) is 12.3 Å². The molecule has 2 rings (SSSR count). The van der Waals surface area contributed by atoms with Crippen LogP contribution in [0, 0.1) is 5.92 Å². The average Bonchev–Trinajstić information content (AvgIpc) is 2.47. The van der Waals surface area contributed by atoms with Gasteiger partial charge in [0.05, 0.1) is 5.69 Å². The zero-order chi connectivity index (χ0) is 10.1. The van der Waals surface area contributed by atoms with Gasteiger partial charge < -0.3 is 0 Å². The van der Waals surface area contributed by atoms with Crippen LogP contribution in [0.5, 0.6) is 0 Å². The molecule has 3 heteroatoms. The van der Waals surface area contributed by atoms with Gasteiger partial charge in [-0.3, -0.25) is 9.58 Å². The molecule has 0 spiro atoms. The molecule has 1 aliphatic rings. The highest BCUT2D eigenvalue weighted by molar-refractivity contribution is 5.02. The molecule has 0 aromatic carbocycles. The molecule has 14 heavy (non-hydrogen) atoms. The van der Waals surface area contributed by atoms with E-state index in [1.54, 1.807) is 0 Å². The van der Waals surface area contributed by atoms with Crippen LogP contribution < -0.4 is 0 Å². The van der Waals surface area contributed by atoms with E-state index in [0.717, 1.165) is 19.0 Å². The molecule has 1 aliphatic heterocycles. The summed E-state index contributed by atoms with van der Waals surface area (Å²) >= 11 is 0. The van der Waals surface area contributed by atoms with Crippen molar-refractivity contribution in [2.45, 2.75) is 39.4 Å². The first kappa shape index (κ1) is 9.71. The van der Waals surface area contributed by atoms with Gasteiger partial charge in [0.15, 0.2) is 0 Å². The first-order valence-corrected chi connectivity index (χ1v) is 5.39. The molecule has 0 aliphatic carbocycles. The summed E-state index contributed by atoms with van der Waals surface area (Å²) in [5.41, 5.74) is 1.34.